The lowest BCUT2D eigenvalue weighted by atomic mass is 9.70. The largest absolute Gasteiger partial charge is 0.314 e. The zero-order valence-electron chi connectivity index (χ0n) is 14.1. The van der Waals surface area contributed by atoms with Crippen molar-refractivity contribution in [2.75, 3.05) is 6.54 Å². The highest BCUT2D eigenvalue weighted by Gasteiger charge is 2.31. The first-order valence-electron chi connectivity index (χ1n) is 8.62. The third-order valence-corrected chi connectivity index (χ3v) is 4.53. The fourth-order valence-electron chi connectivity index (χ4n) is 3.84. The van der Waals surface area contributed by atoms with Crippen LogP contribution in [0.3, 0.4) is 0 Å². The van der Waals surface area contributed by atoms with E-state index in [1.54, 1.807) is 0 Å². The van der Waals surface area contributed by atoms with Gasteiger partial charge in [0, 0.05) is 6.04 Å². The van der Waals surface area contributed by atoms with E-state index in [-0.39, 0.29) is 0 Å². The van der Waals surface area contributed by atoms with Crippen molar-refractivity contribution in [2.24, 2.45) is 17.3 Å². The Kier molecular flexibility index (Phi) is 7.42. The van der Waals surface area contributed by atoms with Crippen molar-refractivity contribution in [3.63, 3.8) is 0 Å². The molecule has 19 heavy (non-hydrogen) atoms. The maximum Gasteiger partial charge on any atom is 0.00746 e. The summed E-state index contributed by atoms with van der Waals surface area (Å²) in [5.41, 5.74) is 0.548. The Hall–Kier alpha value is -0.0400. The molecule has 0 aromatic carbocycles. The van der Waals surface area contributed by atoms with Crippen molar-refractivity contribution in [1.29, 1.82) is 0 Å². The van der Waals surface area contributed by atoms with E-state index in [1.165, 1.54) is 57.9 Å². The first-order chi connectivity index (χ1) is 8.89. The zero-order chi connectivity index (χ0) is 14.3. The van der Waals surface area contributed by atoms with Crippen LogP contribution in [0.4, 0.5) is 0 Å². The quantitative estimate of drug-likeness (QED) is 0.581. The molecule has 1 aliphatic carbocycles. The molecule has 0 spiro atoms. The molecule has 1 heteroatoms. The third kappa shape index (κ3) is 7.97. The van der Waals surface area contributed by atoms with Crippen molar-refractivity contribution >= 4 is 0 Å². The highest BCUT2D eigenvalue weighted by molar-refractivity contribution is 4.86. The van der Waals surface area contributed by atoms with E-state index >= 15 is 0 Å². The predicted octanol–water partition coefficient (Wildman–Crippen LogP) is 5.40. The number of nitrogens with one attached hydrogen (secondary N) is 1. The Morgan fingerprint density at radius 1 is 1.05 bits per heavy atom. The molecule has 2 unspecified atom stereocenters. The average molecular weight is 268 g/mol. The summed E-state index contributed by atoms with van der Waals surface area (Å²) >= 11 is 0. The number of hydrogen-bond acceptors (Lipinski definition) is 1. The van der Waals surface area contributed by atoms with E-state index in [0.29, 0.717) is 5.41 Å². The van der Waals surface area contributed by atoms with Crippen LogP contribution < -0.4 is 5.32 Å². The van der Waals surface area contributed by atoms with E-state index in [2.05, 4.69) is 39.9 Å². The Balaban J connectivity index is 2.03. The number of unbranched alkanes of at least 4 members (excludes halogenated alkanes) is 3. The molecule has 1 N–H and O–H groups in total. The van der Waals surface area contributed by atoms with Crippen LogP contribution in [0.2, 0.25) is 0 Å². The van der Waals surface area contributed by atoms with Gasteiger partial charge in [-0.1, -0.05) is 60.3 Å². The van der Waals surface area contributed by atoms with Crippen LogP contribution in [0.25, 0.3) is 0 Å². The summed E-state index contributed by atoms with van der Waals surface area (Å²) in [6.45, 7) is 13.2. The minimum atomic E-state index is 0.548. The third-order valence-electron chi connectivity index (χ3n) is 4.53. The summed E-state index contributed by atoms with van der Waals surface area (Å²) in [6, 6.07) is 0.773. The Morgan fingerprint density at radius 2 is 1.74 bits per heavy atom. The van der Waals surface area contributed by atoms with Crippen molar-refractivity contribution in [3.8, 4) is 0 Å². The van der Waals surface area contributed by atoms with Gasteiger partial charge in [-0.2, -0.15) is 0 Å². The summed E-state index contributed by atoms with van der Waals surface area (Å²) in [5, 5.41) is 3.81. The topological polar surface area (TPSA) is 12.0 Å². The molecular weight excluding hydrogens is 230 g/mol. The van der Waals surface area contributed by atoms with Crippen LogP contribution in [0.5, 0.6) is 0 Å². The number of hydrogen-bond donors (Lipinski definition) is 1. The van der Waals surface area contributed by atoms with Gasteiger partial charge in [0.1, 0.15) is 0 Å². The van der Waals surface area contributed by atoms with Gasteiger partial charge in [0.25, 0.3) is 0 Å². The first-order valence-corrected chi connectivity index (χ1v) is 8.62. The van der Waals surface area contributed by atoms with Crippen LogP contribution in [0.15, 0.2) is 0 Å². The smallest absolute Gasteiger partial charge is 0.00746 e. The van der Waals surface area contributed by atoms with Crippen LogP contribution in [0, 0.1) is 17.3 Å². The lowest BCUT2D eigenvalue weighted by Gasteiger charge is -2.39. The molecule has 0 aromatic heterocycles. The van der Waals surface area contributed by atoms with Gasteiger partial charge in [0.05, 0.1) is 0 Å². The van der Waals surface area contributed by atoms with E-state index in [0.717, 1.165) is 17.9 Å². The molecule has 1 aliphatic rings. The normalized spacial score (nSPS) is 26.8. The Morgan fingerprint density at radius 3 is 2.37 bits per heavy atom. The van der Waals surface area contributed by atoms with E-state index in [9.17, 15) is 0 Å². The minimum Gasteiger partial charge on any atom is -0.314 e. The van der Waals surface area contributed by atoms with E-state index in [1.807, 2.05) is 0 Å². The van der Waals surface area contributed by atoms with Crippen LogP contribution >= 0.6 is 0 Å². The zero-order valence-corrected chi connectivity index (χ0v) is 14.1. The summed E-state index contributed by atoms with van der Waals surface area (Å²) in [7, 11) is 0. The molecule has 1 fully saturated rings. The second kappa shape index (κ2) is 8.29. The van der Waals surface area contributed by atoms with Gasteiger partial charge in [0.2, 0.25) is 0 Å². The van der Waals surface area contributed by atoms with Gasteiger partial charge in [-0.15, -0.1) is 0 Å². The molecule has 1 saturated carbocycles. The predicted molar refractivity (Wildman–Crippen MR) is 86.5 cm³/mol. The van der Waals surface area contributed by atoms with Crippen molar-refractivity contribution in [1.82, 2.24) is 5.32 Å². The average Bonchev–Trinajstić information content (AvgIpc) is 2.24. The van der Waals surface area contributed by atoms with Gasteiger partial charge in [0.15, 0.2) is 0 Å². The molecule has 1 rings (SSSR count). The van der Waals surface area contributed by atoms with Crippen molar-refractivity contribution in [2.45, 2.75) is 92.0 Å². The fourth-order valence-corrected chi connectivity index (χ4v) is 3.84. The molecule has 0 saturated heterocycles. The highest BCUT2D eigenvalue weighted by atomic mass is 14.9. The van der Waals surface area contributed by atoms with Gasteiger partial charge in [-0.25, -0.2) is 0 Å². The first kappa shape index (κ1) is 17.0. The SMILES string of the molecule is CC(C)CCCCCCNC1CC(C)CC(C)(C)C1. The molecule has 0 aliphatic heterocycles. The highest BCUT2D eigenvalue weighted by Crippen LogP contribution is 2.38. The molecule has 2 atom stereocenters. The van der Waals surface area contributed by atoms with Crippen LogP contribution in [-0.4, -0.2) is 12.6 Å². The van der Waals surface area contributed by atoms with Crippen molar-refractivity contribution < 1.29 is 0 Å². The second-order valence-electron chi connectivity index (χ2n) is 8.16. The maximum atomic E-state index is 3.81. The van der Waals surface area contributed by atoms with Gasteiger partial charge in [-0.3, -0.25) is 0 Å². The molecule has 0 heterocycles. The summed E-state index contributed by atoms with van der Waals surface area (Å²) in [4.78, 5) is 0. The number of rotatable bonds is 8. The second-order valence-corrected chi connectivity index (χ2v) is 8.16. The molecule has 114 valence electrons. The summed E-state index contributed by atoms with van der Waals surface area (Å²) < 4.78 is 0. The molecule has 0 aromatic rings. The lowest BCUT2D eigenvalue weighted by Crippen LogP contribution is -2.40. The van der Waals surface area contributed by atoms with Gasteiger partial charge in [-0.05, 0) is 49.5 Å². The monoisotopic (exact) mass is 267 g/mol. The fraction of sp³-hybridized carbons (Fsp3) is 1.00. The Labute approximate surface area is 121 Å². The van der Waals surface area contributed by atoms with Crippen molar-refractivity contribution in [3.05, 3.63) is 0 Å². The Bertz CT molecular complexity index is 232. The minimum absolute atomic E-state index is 0.548. The van der Waals surface area contributed by atoms with Crippen LogP contribution in [-0.2, 0) is 0 Å². The molecule has 0 bridgehead atoms. The van der Waals surface area contributed by atoms with E-state index in [4.69, 9.17) is 0 Å². The molecule has 0 amide bonds. The maximum absolute atomic E-state index is 3.81. The lowest BCUT2D eigenvalue weighted by molar-refractivity contribution is 0.151. The summed E-state index contributed by atoms with van der Waals surface area (Å²) in [6.07, 6.45) is 11.2. The molecule has 0 radical (unpaired) electrons. The van der Waals surface area contributed by atoms with Crippen LogP contribution in [0.1, 0.15) is 86.0 Å². The van der Waals surface area contributed by atoms with Gasteiger partial charge >= 0.3 is 0 Å². The molecular formula is C18H37N. The van der Waals surface area contributed by atoms with Gasteiger partial charge < -0.3 is 5.32 Å². The standard InChI is InChI=1S/C18H37N/c1-15(2)10-8-6-7-9-11-19-17-12-16(3)13-18(4,5)14-17/h15-17,19H,6-14H2,1-5H3. The van der Waals surface area contributed by atoms with E-state index < -0.39 is 0 Å². The summed E-state index contributed by atoms with van der Waals surface area (Å²) in [5.74, 6) is 1.77. The molecule has 1 nitrogen and oxygen atoms in total.